The summed E-state index contributed by atoms with van der Waals surface area (Å²) >= 11 is 3.49. The van der Waals surface area contributed by atoms with Gasteiger partial charge in [0.1, 0.15) is 5.70 Å². The Hall–Kier alpha value is -1.86. The SMILES string of the molecule is CCc1ccc(NC2=C(C(=O)OC)CN(CCO)C2=O)cc1Br. The van der Waals surface area contributed by atoms with Crippen LogP contribution in [-0.4, -0.2) is 48.7 Å². The Morgan fingerprint density at radius 3 is 2.78 bits per heavy atom. The number of hydrogen-bond acceptors (Lipinski definition) is 5. The normalized spacial score (nSPS) is 14.4. The molecule has 1 aliphatic rings. The number of nitrogens with one attached hydrogen (secondary N) is 1. The summed E-state index contributed by atoms with van der Waals surface area (Å²) in [6, 6.07) is 5.67. The van der Waals surface area contributed by atoms with Crippen molar-refractivity contribution >= 4 is 33.5 Å². The molecule has 2 rings (SSSR count). The van der Waals surface area contributed by atoms with Crippen LogP contribution in [0.25, 0.3) is 0 Å². The monoisotopic (exact) mass is 382 g/mol. The van der Waals surface area contributed by atoms with E-state index in [9.17, 15) is 9.59 Å². The molecular weight excluding hydrogens is 364 g/mol. The highest BCUT2D eigenvalue weighted by Gasteiger charge is 2.34. The number of carbonyl (C=O) groups is 2. The van der Waals surface area contributed by atoms with E-state index >= 15 is 0 Å². The number of amides is 1. The van der Waals surface area contributed by atoms with Gasteiger partial charge in [-0.2, -0.15) is 0 Å². The second-order valence-corrected chi connectivity index (χ2v) is 5.93. The Labute approximate surface area is 143 Å². The van der Waals surface area contributed by atoms with Crippen molar-refractivity contribution in [2.75, 3.05) is 32.1 Å². The molecule has 0 unspecified atom stereocenters. The molecule has 0 radical (unpaired) electrons. The van der Waals surface area contributed by atoms with Crippen molar-refractivity contribution in [2.45, 2.75) is 13.3 Å². The minimum atomic E-state index is -0.550. The molecule has 0 bridgehead atoms. The van der Waals surface area contributed by atoms with Crippen molar-refractivity contribution in [1.82, 2.24) is 4.90 Å². The lowest BCUT2D eigenvalue weighted by molar-refractivity contribution is -0.136. The molecule has 0 fully saturated rings. The van der Waals surface area contributed by atoms with Gasteiger partial charge in [-0.15, -0.1) is 0 Å². The molecule has 7 heteroatoms. The Kier molecular flexibility index (Phi) is 5.79. The number of ether oxygens (including phenoxy) is 1. The van der Waals surface area contributed by atoms with E-state index in [1.54, 1.807) is 0 Å². The molecule has 0 aromatic heterocycles. The van der Waals surface area contributed by atoms with Crippen molar-refractivity contribution in [3.63, 3.8) is 0 Å². The highest BCUT2D eigenvalue weighted by atomic mass is 79.9. The van der Waals surface area contributed by atoms with Gasteiger partial charge < -0.3 is 20.1 Å². The lowest BCUT2D eigenvalue weighted by atomic mass is 10.1. The maximum Gasteiger partial charge on any atom is 0.337 e. The highest BCUT2D eigenvalue weighted by molar-refractivity contribution is 9.10. The molecule has 1 aliphatic heterocycles. The summed E-state index contributed by atoms with van der Waals surface area (Å²) in [6.45, 7) is 2.19. The number of halogens is 1. The summed E-state index contributed by atoms with van der Waals surface area (Å²) in [7, 11) is 1.28. The first-order chi connectivity index (χ1) is 11.0. The molecule has 1 aromatic carbocycles. The lowest BCUT2D eigenvalue weighted by Gasteiger charge is -2.15. The molecule has 124 valence electrons. The minimum absolute atomic E-state index is 0.128. The van der Waals surface area contributed by atoms with Gasteiger partial charge >= 0.3 is 5.97 Å². The smallest absolute Gasteiger partial charge is 0.337 e. The van der Waals surface area contributed by atoms with Crippen LogP contribution in [0, 0.1) is 0 Å². The number of methoxy groups -OCH3 is 1. The topological polar surface area (TPSA) is 78.9 Å². The number of β-amino-alcohol motifs (C(OH)–C–C–N with tert-alkyl or cyclic N) is 1. The third kappa shape index (κ3) is 3.73. The van der Waals surface area contributed by atoms with Crippen LogP contribution in [-0.2, 0) is 20.7 Å². The van der Waals surface area contributed by atoms with Crippen LogP contribution in [0.3, 0.4) is 0 Å². The molecule has 23 heavy (non-hydrogen) atoms. The van der Waals surface area contributed by atoms with E-state index in [0.717, 1.165) is 16.5 Å². The van der Waals surface area contributed by atoms with E-state index < -0.39 is 5.97 Å². The first-order valence-electron chi connectivity index (χ1n) is 7.28. The van der Waals surface area contributed by atoms with Crippen LogP contribution >= 0.6 is 15.9 Å². The second kappa shape index (κ2) is 7.61. The summed E-state index contributed by atoms with van der Waals surface area (Å²) in [6.07, 6.45) is 0.889. The Balaban J connectivity index is 2.31. The molecular formula is C16H19BrN2O4. The molecule has 0 saturated carbocycles. The first-order valence-corrected chi connectivity index (χ1v) is 8.08. The van der Waals surface area contributed by atoms with Gasteiger partial charge in [-0.05, 0) is 24.1 Å². The van der Waals surface area contributed by atoms with Crippen molar-refractivity contribution in [3.8, 4) is 0 Å². The standard InChI is InChI=1S/C16H19BrN2O4/c1-3-10-4-5-11(8-13(10)17)18-14-12(16(22)23-2)9-19(6-7-20)15(14)21/h4-5,8,18,20H,3,6-7,9H2,1-2H3. The van der Waals surface area contributed by atoms with Crippen LogP contribution in [0.1, 0.15) is 12.5 Å². The molecule has 2 N–H and O–H groups in total. The highest BCUT2D eigenvalue weighted by Crippen LogP contribution is 2.26. The van der Waals surface area contributed by atoms with Gasteiger partial charge in [0.2, 0.25) is 0 Å². The number of carbonyl (C=O) groups excluding carboxylic acids is 2. The van der Waals surface area contributed by atoms with Gasteiger partial charge in [-0.3, -0.25) is 4.79 Å². The maximum absolute atomic E-state index is 12.4. The molecule has 6 nitrogen and oxygen atoms in total. The summed E-state index contributed by atoms with van der Waals surface area (Å²) in [5, 5.41) is 12.1. The van der Waals surface area contributed by atoms with Crippen molar-refractivity contribution in [1.29, 1.82) is 0 Å². The number of esters is 1. The van der Waals surface area contributed by atoms with Crippen LogP contribution in [0.2, 0.25) is 0 Å². The van der Waals surface area contributed by atoms with Crippen molar-refractivity contribution in [2.24, 2.45) is 0 Å². The zero-order chi connectivity index (χ0) is 17.0. The van der Waals surface area contributed by atoms with Crippen molar-refractivity contribution < 1.29 is 19.4 Å². The lowest BCUT2D eigenvalue weighted by Crippen LogP contribution is -2.31. The Morgan fingerprint density at radius 2 is 2.22 bits per heavy atom. The largest absolute Gasteiger partial charge is 0.466 e. The fourth-order valence-electron chi connectivity index (χ4n) is 2.41. The Bertz CT molecular complexity index is 657. The number of anilines is 1. The number of nitrogens with zero attached hydrogens (tertiary/aromatic N) is 1. The third-order valence-corrected chi connectivity index (χ3v) is 4.40. The summed E-state index contributed by atoms with van der Waals surface area (Å²) in [4.78, 5) is 25.7. The van der Waals surface area contributed by atoms with Crippen LogP contribution in [0.4, 0.5) is 5.69 Å². The quantitative estimate of drug-likeness (QED) is 0.731. The van der Waals surface area contributed by atoms with Gasteiger partial charge in [0.25, 0.3) is 5.91 Å². The first kappa shape index (κ1) is 17.5. The average Bonchev–Trinajstić information content (AvgIpc) is 2.84. The van der Waals surface area contributed by atoms with Gasteiger partial charge in [-0.1, -0.05) is 28.9 Å². The van der Waals surface area contributed by atoms with E-state index in [1.165, 1.54) is 12.0 Å². The van der Waals surface area contributed by atoms with Crippen LogP contribution < -0.4 is 5.32 Å². The van der Waals surface area contributed by atoms with E-state index in [1.807, 2.05) is 18.2 Å². The molecule has 1 amide bonds. The zero-order valence-corrected chi connectivity index (χ0v) is 14.6. The summed E-state index contributed by atoms with van der Waals surface area (Å²) in [5.74, 6) is -0.874. The maximum atomic E-state index is 12.4. The molecule has 0 atom stereocenters. The van der Waals surface area contributed by atoms with Crippen LogP contribution in [0.15, 0.2) is 33.9 Å². The van der Waals surface area contributed by atoms with E-state index in [-0.39, 0.29) is 36.9 Å². The molecule has 0 saturated heterocycles. The predicted octanol–water partition coefficient (Wildman–Crippen LogP) is 1.68. The van der Waals surface area contributed by atoms with E-state index in [4.69, 9.17) is 9.84 Å². The van der Waals surface area contributed by atoms with Crippen molar-refractivity contribution in [3.05, 3.63) is 39.5 Å². The number of aryl methyl sites for hydroxylation is 1. The molecule has 0 aliphatic carbocycles. The zero-order valence-electron chi connectivity index (χ0n) is 13.1. The predicted molar refractivity (Wildman–Crippen MR) is 89.9 cm³/mol. The van der Waals surface area contributed by atoms with Gasteiger partial charge in [-0.25, -0.2) is 4.79 Å². The fraction of sp³-hybridized carbons (Fsp3) is 0.375. The molecule has 1 heterocycles. The molecule has 0 spiro atoms. The third-order valence-electron chi connectivity index (χ3n) is 3.66. The van der Waals surface area contributed by atoms with E-state index in [2.05, 4.69) is 28.2 Å². The van der Waals surface area contributed by atoms with Gasteiger partial charge in [0, 0.05) is 16.7 Å². The number of aliphatic hydroxyl groups is 1. The fourth-order valence-corrected chi connectivity index (χ4v) is 3.06. The van der Waals surface area contributed by atoms with Crippen LogP contribution in [0.5, 0.6) is 0 Å². The summed E-state index contributed by atoms with van der Waals surface area (Å²) in [5.41, 5.74) is 2.31. The van der Waals surface area contributed by atoms with Gasteiger partial charge in [0.05, 0.1) is 25.8 Å². The second-order valence-electron chi connectivity index (χ2n) is 5.08. The van der Waals surface area contributed by atoms with Gasteiger partial charge in [0.15, 0.2) is 0 Å². The number of benzene rings is 1. The number of aliphatic hydroxyl groups excluding tert-OH is 1. The molecule has 1 aromatic rings. The summed E-state index contributed by atoms with van der Waals surface area (Å²) < 4.78 is 5.68. The average molecular weight is 383 g/mol. The number of hydrogen-bond donors (Lipinski definition) is 2. The minimum Gasteiger partial charge on any atom is -0.466 e. The van der Waals surface area contributed by atoms with E-state index in [0.29, 0.717) is 5.69 Å². The Morgan fingerprint density at radius 1 is 1.48 bits per heavy atom. The number of rotatable bonds is 6.